The first-order valence-corrected chi connectivity index (χ1v) is 7.91. The average Bonchev–Trinajstić information content (AvgIpc) is 2.43. The highest BCUT2D eigenvalue weighted by Crippen LogP contribution is 2.21. The Bertz CT molecular complexity index is 525. The zero-order valence-electron chi connectivity index (χ0n) is 11.9. The number of rotatable bonds is 4. The van der Waals surface area contributed by atoms with Gasteiger partial charge in [-0.15, -0.1) is 0 Å². The Morgan fingerprint density at radius 2 is 1.32 bits per heavy atom. The number of hydrogen-bond donors (Lipinski definition) is 0. The van der Waals surface area contributed by atoms with Crippen molar-refractivity contribution in [2.45, 2.75) is 13.8 Å². The van der Waals surface area contributed by atoms with E-state index in [1.54, 1.807) is 14.2 Å². The second-order valence-corrected chi connectivity index (χ2v) is 6.88. The zero-order valence-corrected chi connectivity index (χ0v) is 13.1. The quantitative estimate of drug-likeness (QED) is 0.797. The first kappa shape index (κ1) is 14.0. The summed E-state index contributed by atoms with van der Waals surface area (Å²) >= 11 is 0. The maximum Gasteiger partial charge on any atom is 0.355 e. The van der Waals surface area contributed by atoms with Crippen molar-refractivity contribution in [3.8, 4) is 11.1 Å². The summed E-state index contributed by atoms with van der Waals surface area (Å²) in [4.78, 5) is 0. The van der Waals surface area contributed by atoms with Gasteiger partial charge in [0.05, 0.1) is 0 Å². The van der Waals surface area contributed by atoms with Crippen molar-refractivity contribution in [3.63, 3.8) is 0 Å². The van der Waals surface area contributed by atoms with Crippen LogP contribution in [0.4, 0.5) is 0 Å². The van der Waals surface area contributed by atoms with E-state index in [1.807, 2.05) is 6.07 Å². The Hall–Kier alpha value is -1.42. The molecule has 0 saturated heterocycles. The van der Waals surface area contributed by atoms with Crippen LogP contribution in [0.1, 0.15) is 11.1 Å². The Labute approximate surface area is 116 Å². The predicted molar refractivity (Wildman–Crippen MR) is 82.2 cm³/mol. The SMILES string of the molecule is CO[SiH](OC)c1c(C)cc(-c2ccccc2)cc1C. The van der Waals surface area contributed by atoms with Crippen LogP contribution in [-0.2, 0) is 8.85 Å². The van der Waals surface area contributed by atoms with Crippen LogP contribution in [0.3, 0.4) is 0 Å². The van der Waals surface area contributed by atoms with E-state index in [9.17, 15) is 0 Å². The van der Waals surface area contributed by atoms with E-state index in [0.717, 1.165) is 0 Å². The van der Waals surface area contributed by atoms with E-state index in [2.05, 4.69) is 50.2 Å². The largest absolute Gasteiger partial charge is 0.397 e. The van der Waals surface area contributed by atoms with Crippen LogP contribution < -0.4 is 5.19 Å². The minimum atomic E-state index is -1.74. The summed E-state index contributed by atoms with van der Waals surface area (Å²) in [5.41, 5.74) is 4.99. The molecule has 0 bridgehead atoms. The van der Waals surface area contributed by atoms with Crippen LogP contribution in [0.5, 0.6) is 0 Å². The van der Waals surface area contributed by atoms with Crippen molar-refractivity contribution in [1.29, 1.82) is 0 Å². The summed E-state index contributed by atoms with van der Waals surface area (Å²) in [7, 11) is 1.71. The van der Waals surface area contributed by atoms with Crippen LogP contribution in [0.2, 0.25) is 0 Å². The van der Waals surface area contributed by atoms with Gasteiger partial charge in [0.1, 0.15) is 0 Å². The van der Waals surface area contributed by atoms with Crippen LogP contribution in [0.15, 0.2) is 42.5 Å². The van der Waals surface area contributed by atoms with Gasteiger partial charge in [0.15, 0.2) is 0 Å². The summed E-state index contributed by atoms with van der Waals surface area (Å²) in [6.07, 6.45) is 0. The monoisotopic (exact) mass is 272 g/mol. The maximum absolute atomic E-state index is 5.51. The fraction of sp³-hybridized carbons (Fsp3) is 0.250. The third-order valence-electron chi connectivity index (χ3n) is 3.36. The van der Waals surface area contributed by atoms with Gasteiger partial charge in [-0.05, 0) is 41.3 Å². The van der Waals surface area contributed by atoms with Crippen LogP contribution in [-0.4, -0.2) is 23.5 Å². The second kappa shape index (κ2) is 6.15. The Morgan fingerprint density at radius 3 is 1.79 bits per heavy atom. The lowest BCUT2D eigenvalue weighted by Gasteiger charge is -2.18. The molecule has 0 aromatic heterocycles. The first-order valence-electron chi connectivity index (χ1n) is 6.39. The fourth-order valence-electron chi connectivity index (χ4n) is 2.48. The van der Waals surface area contributed by atoms with E-state index in [4.69, 9.17) is 8.85 Å². The van der Waals surface area contributed by atoms with Gasteiger partial charge in [0.25, 0.3) is 0 Å². The number of aryl methyl sites for hydroxylation is 2. The van der Waals surface area contributed by atoms with Crippen molar-refractivity contribution in [2.75, 3.05) is 14.2 Å². The molecule has 100 valence electrons. The predicted octanol–water partition coefficient (Wildman–Crippen LogP) is 2.69. The van der Waals surface area contributed by atoms with Crippen molar-refractivity contribution >= 4 is 14.5 Å². The standard InChI is InChI=1S/C16H20O2Si/c1-12-10-15(14-8-6-5-7-9-14)11-13(2)16(12)19(17-3)18-4/h5-11,19H,1-4H3. The Balaban J connectivity index is 2.48. The summed E-state index contributed by atoms with van der Waals surface area (Å²) in [6, 6.07) is 14.9. The van der Waals surface area contributed by atoms with Gasteiger partial charge in [0, 0.05) is 14.2 Å². The van der Waals surface area contributed by atoms with E-state index in [0.29, 0.717) is 0 Å². The van der Waals surface area contributed by atoms with Gasteiger partial charge in [-0.3, -0.25) is 0 Å². The second-order valence-electron chi connectivity index (χ2n) is 4.69. The van der Waals surface area contributed by atoms with E-state index in [1.165, 1.54) is 27.4 Å². The van der Waals surface area contributed by atoms with Gasteiger partial charge < -0.3 is 8.85 Å². The average molecular weight is 272 g/mol. The van der Waals surface area contributed by atoms with Crippen LogP contribution >= 0.6 is 0 Å². The van der Waals surface area contributed by atoms with Gasteiger partial charge in [-0.25, -0.2) is 0 Å². The minimum Gasteiger partial charge on any atom is -0.397 e. The molecule has 0 fully saturated rings. The normalized spacial score (nSPS) is 11.0. The summed E-state index contributed by atoms with van der Waals surface area (Å²) in [5.74, 6) is 0. The molecule has 0 radical (unpaired) electrons. The fourth-order valence-corrected chi connectivity index (χ4v) is 4.05. The minimum absolute atomic E-state index is 1.24. The molecule has 0 aliphatic rings. The lowest BCUT2D eigenvalue weighted by molar-refractivity contribution is 0.291. The van der Waals surface area contributed by atoms with Crippen molar-refractivity contribution < 1.29 is 8.85 Å². The molecule has 0 atom stereocenters. The molecule has 0 aliphatic carbocycles. The molecule has 2 rings (SSSR count). The molecule has 0 heterocycles. The Kier molecular flexibility index (Phi) is 4.53. The number of benzene rings is 2. The molecule has 0 aliphatic heterocycles. The molecule has 19 heavy (non-hydrogen) atoms. The number of hydrogen-bond acceptors (Lipinski definition) is 2. The van der Waals surface area contributed by atoms with E-state index >= 15 is 0 Å². The molecule has 0 unspecified atom stereocenters. The van der Waals surface area contributed by atoms with Crippen molar-refractivity contribution in [3.05, 3.63) is 53.6 Å². The van der Waals surface area contributed by atoms with Gasteiger partial charge in [-0.2, -0.15) is 0 Å². The van der Waals surface area contributed by atoms with Crippen molar-refractivity contribution in [2.24, 2.45) is 0 Å². The third-order valence-corrected chi connectivity index (χ3v) is 5.60. The van der Waals surface area contributed by atoms with E-state index in [-0.39, 0.29) is 0 Å². The van der Waals surface area contributed by atoms with Gasteiger partial charge >= 0.3 is 9.28 Å². The van der Waals surface area contributed by atoms with Crippen molar-refractivity contribution in [1.82, 2.24) is 0 Å². The zero-order chi connectivity index (χ0) is 13.8. The molecule has 0 saturated carbocycles. The molecule has 2 aromatic rings. The first-order chi connectivity index (χ1) is 9.17. The van der Waals surface area contributed by atoms with Gasteiger partial charge in [0.2, 0.25) is 0 Å². The highest BCUT2D eigenvalue weighted by atomic mass is 28.3. The topological polar surface area (TPSA) is 18.5 Å². The molecule has 2 nitrogen and oxygen atoms in total. The summed E-state index contributed by atoms with van der Waals surface area (Å²) in [6.45, 7) is 4.26. The molecule has 0 N–H and O–H groups in total. The molecule has 0 spiro atoms. The highest BCUT2D eigenvalue weighted by molar-refractivity contribution is 6.62. The van der Waals surface area contributed by atoms with Gasteiger partial charge in [-0.1, -0.05) is 42.5 Å². The van der Waals surface area contributed by atoms with Crippen LogP contribution in [0.25, 0.3) is 11.1 Å². The molecular weight excluding hydrogens is 252 g/mol. The Morgan fingerprint density at radius 1 is 0.789 bits per heavy atom. The van der Waals surface area contributed by atoms with E-state index < -0.39 is 9.28 Å². The molecule has 0 amide bonds. The smallest absolute Gasteiger partial charge is 0.355 e. The third kappa shape index (κ3) is 2.95. The summed E-state index contributed by atoms with van der Waals surface area (Å²) in [5, 5.41) is 1.25. The molecular formula is C16H20O2Si. The highest BCUT2D eigenvalue weighted by Gasteiger charge is 2.19. The van der Waals surface area contributed by atoms with Crippen LogP contribution in [0, 0.1) is 13.8 Å². The lowest BCUT2D eigenvalue weighted by atomic mass is 10.0. The molecule has 3 heteroatoms. The molecule has 2 aromatic carbocycles. The summed E-state index contributed by atoms with van der Waals surface area (Å²) < 4.78 is 11.0. The maximum atomic E-state index is 5.51. The lowest BCUT2D eigenvalue weighted by Crippen LogP contribution is -2.38.